The fourth-order valence-electron chi connectivity index (χ4n) is 3.65. The summed E-state index contributed by atoms with van der Waals surface area (Å²) in [7, 11) is 0. The zero-order valence-corrected chi connectivity index (χ0v) is 13.4. The molecule has 1 amide bonds. The summed E-state index contributed by atoms with van der Waals surface area (Å²) in [6, 6.07) is 9.46. The summed E-state index contributed by atoms with van der Waals surface area (Å²) in [6.45, 7) is 0.110. The molecule has 4 nitrogen and oxygen atoms in total. The number of aliphatic hydroxyl groups excluding tert-OH is 1. The van der Waals surface area contributed by atoms with E-state index >= 15 is 0 Å². The first-order valence-corrected chi connectivity index (χ1v) is 8.55. The van der Waals surface area contributed by atoms with Gasteiger partial charge < -0.3 is 10.4 Å². The van der Waals surface area contributed by atoms with Gasteiger partial charge in [-0.05, 0) is 43.4 Å². The van der Waals surface area contributed by atoms with Crippen LogP contribution in [0.5, 0.6) is 0 Å². The second-order valence-corrected chi connectivity index (χ2v) is 6.37. The van der Waals surface area contributed by atoms with Crippen LogP contribution in [0.25, 0.3) is 10.9 Å². The second kappa shape index (κ2) is 7.55. The Bertz CT molecular complexity index is 660. The van der Waals surface area contributed by atoms with Crippen LogP contribution in [-0.2, 0) is 0 Å². The Morgan fingerprint density at radius 2 is 2.04 bits per heavy atom. The molecule has 1 aromatic carbocycles. The average molecular weight is 312 g/mol. The Hall–Kier alpha value is -1.94. The monoisotopic (exact) mass is 312 g/mol. The molecule has 122 valence electrons. The quantitative estimate of drug-likeness (QED) is 0.890. The standard InChI is InChI=1S/C19H24N2O2/c22-13-11-17(14-6-2-1-3-7-14)21-19(23)16-8-4-10-18-15(16)9-5-12-20-18/h4-5,8-10,12,14,17,22H,1-3,6-7,11,13H2,(H,21,23). The van der Waals surface area contributed by atoms with Gasteiger partial charge in [-0.15, -0.1) is 0 Å². The van der Waals surface area contributed by atoms with Gasteiger partial charge in [-0.3, -0.25) is 9.78 Å². The molecule has 1 heterocycles. The Balaban J connectivity index is 1.80. The largest absolute Gasteiger partial charge is 0.396 e. The minimum Gasteiger partial charge on any atom is -0.396 e. The van der Waals surface area contributed by atoms with E-state index in [1.165, 1.54) is 19.3 Å². The van der Waals surface area contributed by atoms with Crippen molar-refractivity contribution in [3.63, 3.8) is 0 Å². The number of amides is 1. The number of hydrogen-bond acceptors (Lipinski definition) is 3. The molecular formula is C19H24N2O2. The first kappa shape index (κ1) is 15.9. The van der Waals surface area contributed by atoms with Crippen LogP contribution in [0.15, 0.2) is 36.5 Å². The summed E-state index contributed by atoms with van der Waals surface area (Å²) in [6.07, 6.45) is 8.37. The van der Waals surface area contributed by atoms with Crippen LogP contribution in [0.3, 0.4) is 0 Å². The molecule has 1 unspecified atom stereocenters. The predicted octanol–water partition coefficient (Wildman–Crippen LogP) is 3.30. The first-order valence-electron chi connectivity index (χ1n) is 8.55. The SMILES string of the molecule is O=C(NC(CCO)C1CCCCC1)c1cccc2ncccc12. The van der Waals surface area contributed by atoms with Crippen molar-refractivity contribution in [2.24, 2.45) is 5.92 Å². The van der Waals surface area contributed by atoms with Crippen molar-refractivity contribution in [1.82, 2.24) is 10.3 Å². The van der Waals surface area contributed by atoms with Gasteiger partial charge in [-0.25, -0.2) is 0 Å². The van der Waals surface area contributed by atoms with Gasteiger partial charge in [0.1, 0.15) is 0 Å². The lowest BCUT2D eigenvalue weighted by Gasteiger charge is -2.30. The van der Waals surface area contributed by atoms with Crippen molar-refractivity contribution >= 4 is 16.8 Å². The Morgan fingerprint density at radius 3 is 2.83 bits per heavy atom. The molecule has 1 aliphatic carbocycles. The molecule has 2 aromatic rings. The third-order valence-corrected chi connectivity index (χ3v) is 4.87. The molecule has 2 N–H and O–H groups in total. The molecule has 0 bridgehead atoms. The van der Waals surface area contributed by atoms with Gasteiger partial charge in [0.25, 0.3) is 5.91 Å². The Labute approximate surface area is 136 Å². The van der Waals surface area contributed by atoms with Crippen molar-refractivity contribution < 1.29 is 9.90 Å². The molecule has 1 aliphatic rings. The number of benzene rings is 1. The number of nitrogens with zero attached hydrogens (tertiary/aromatic N) is 1. The second-order valence-electron chi connectivity index (χ2n) is 6.37. The van der Waals surface area contributed by atoms with Crippen molar-refractivity contribution in [2.75, 3.05) is 6.61 Å². The van der Waals surface area contributed by atoms with Crippen LogP contribution >= 0.6 is 0 Å². The maximum atomic E-state index is 12.8. The summed E-state index contributed by atoms with van der Waals surface area (Å²) in [5.41, 5.74) is 1.49. The van der Waals surface area contributed by atoms with E-state index in [2.05, 4.69) is 10.3 Å². The molecule has 4 heteroatoms. The lowest BCUT2D eigenvalue weighted by molar-refractivity contribution is 0.0901. The minimum absolute atomic E-state index is 0.0553. The zero-order chi connectivity index (χ0) is 16.1. The van der Waals surface area contributed by atoms with E-state index in [-0.39, 0.29) is 18.6 Å². The molecule has 0 spiro atoms. The average Bonchev–Trinajstić information content (AvgIpc) is 2.61. The maximum Gasteiger partial charge on any atom is 0.252 e. The van der Waals surface area contributed by atoms with Crippen molar-refractivity contribution in [1.29, 1.82) is 0 Å². The maximum absolute atomic E-state index is 12.8. The smallest absolute Gasteiger partial charge is 0.252 e. The van der Waals surface area contributed by atoms with Gasteiger partial charge >= 0.3 is 0 Å². The number of hydrogen-bond donors (Lipinski definition) is 2. The van der Waals surface area contributed by atoms with Crippen molar-refractivity contribution in [3.05, 3.63) is 42.1 Å². The summed E-state index contributed by atoms with van der Waals surface area (Å²) >= 11 is 0. The van der Waals surface area contributed by atoms with Crippen LogP contribution in [0.1, 0.15) is 48.9 Å². The molecule has 1 saturated carbocycles. The first-order chi connectivity index (χ1) is 11.3. The van der Waals surface area contributed by atoms with Crippen LogP contribution < -0.4 is 5.32 Å². The van der Waals surface area contributed by atoms with Crippen molar-refractivity contribution in [2.45, 2.75) is 44.6 Å². The summed E-state index contributed by atoms with van der Waals surface area (Å²) in [5, 5.41) is 13.4. The van der Waals surface area contributed by atoms with E-state index in [1.54, 1.807) is 6.20 Å². The lowest BCUT2D eigenvalue weighted by Crippen LogP contribution is -2.41. The summed E-state index contributed by atoms with van der Waals surface area (Å²) in [4.78, 5) is 17.1. The highest BCUT2D eigenvalue weighted by atomic mass is 16.3. The van der Waals surface area contributed by atoms with Gasteiger partial charge in [0.2, 0.25) is 0 Å². The number of rotatable bonds is 5. The van der Waals surface area contributed by atoms with Gasteiger partial charge in [-0.1, -0.05) is 31.4 Å². The molecule has 0 saturated heterocycles. The number of carbonyl (C=O) groups excluding carboxylic acids is 1. The van der Waals surface area contributed by atoms with E-state index in [9.17, 15) is 9.90 Å². The van der Waals surface area contributed by atoms with Gasteiger partial charge in [0.05, 0.1) is 5.52 Å². The number of carbonyl (C=O) groups is 1. The molecule has 1 fully saturated rings. The predicted molar refractivity (Wildman–Crippen MR) is 91.3 cm³/mol. The molecule has 0 radical (unpaired) electrons. The molecular weight excluding hydrogens is 288 g/mol. The Kier molecular flexibility index (Phi) is 5.23. The van der Waals surface area contributed by atoms with Gasteiger partial charge in [0, 0.05) is 29.8 Å². The molecule has 0 aliphatic heterocycles. The van der Waals surface area contributed by atoms with Gasteiger partial charge in [0.15, 0.2) is 0 Å². The highest BCUT2D eigenvalue weighted by Gasteiger charge is 2.25. The van der Waals surface area contributed by atoms with E-state index < -0.39 is 0 Å². The Morgan fingerprint density at radius 1 is 1.22 bits per heavy atom. The highest BCUT2D eigenvalue weighted by Crippen LogP contribution is 2.28. The molecule has 3 rings (SSSR count). The van der Waals surface area contributed by atoms with E-state index in [1.807, 2.05) is 30.3 Å². The molecule has 1 aromatic heterocycles. The van der Waals surface area contributed by atoms with Crippen LogP contribution in [0.2, 0.25) is 0 Å². The molecule has 23 heavy (non-hydrogen) atoms. The number of pyridine rings is 1. The van der Waals surface area contributed by atoms with Gasteiger partial charge in [-0.2, -0.15) is 0 Å². The third kappa shape index (κ3) is 3.70. The van der Waals surface area contributed by atoms with E-state index in [0.29, 0.717) is 17.9 Å². The van der Waals surface area contributed by atoms with Crippen LogP contribution in [0.4, 0.5) is 0 Å². The number of nitrogens with one attached hydrogen (secondary N) is 1. The summed E-state index contributed by atoms with van der Waals surface area (Å²) < 4.78 is 0. The summed E-state index contributed by atoms with van der Waals surface area (Å²) in [5.74, 6) is 0.417. The normalized spacial score (nSPS) is 17.1. The van der Waals surface area contributed by atoms with Crippen molar-refractivity contribution in [3.8, 4) is 0 Å². The minimum atomic E-state index is -0.0624. The van der Waals surface area contributed by atoms with E-state index in [0.717, 1.165) is 23.7 Å². The zero-order valence-electron chi connectivity index (χ0n) is 13.4. The fourth-order valence-corrected chi connectivity index (χ4v) is 3.65. The highest BCUT2D eigenvalue weighted by molar-refractivity contribution is 6.06. The van der Waals surface area contributed by atoms with Crippen LogP contribution in [-0.4, -0.2) is 28.6 Å². The molecule has 1 atom stereocenters. The number of aliphatic hydroxyl groups is 1. The third-order valence-electron chi connectivity index (χ3n) is 4.87. The number of fused-ring (bicyclic) bond motifs is 1. The fraction of sp³-hybridized carbons (Fsp3) is 0.474. The van der Waals surface area contributed by atoms with E-state index in [4.69, 9.17) is 0 Å². The topological polar surface area (TPSA) is 62.2 Å². The van der Waals surface area contributed by atoms with Crippen LogP contribution in [0, 0.1) is 5.92 Å². The lowest BCUT2D eigenvalue weighted by atomic mass is 9.82. The number of aromatic nitrogens is 1.